The average molecular weight is 797 g/mol. The third-order valence-corrected chi connectivity index (χ3v) is 8.20. The van der Waals surface area contributed by atoms with Crippen LogP contribution >= 0.6 is 24.8 Å². The van der Waals surface area contributed by atoms with E-state index >= 15 is 0 Å². The van der Waals surface area contributed by atoms with Crippen LogP contribution in [0.1, 0.15) is 11.1 Å². The molecule has 0 spiro atoms. The second-order valence-electron chi connectivity index (χ2n) is 11.6. The summed E-state index contributed by atoms with van der Waals surface area (Å²) in [7, 11) is 0. The first-order valence-electron chi connectivity index (χ1n) is 15.8. The van der Waals surface area contributed by atoms with Crippen molar-refractivity contribution < 1.29 is 23.3 Å². The van der Waals surface area contributed by atoms with Gasteiger partial charge in [-0.05, 0) is 23.3 Å². The Morgan fingerprint density at radius 1 is 0.510 bits per heavy atom. The van der Waals surface area contributed by atoms with E-state index in [9.17, 15) is 0 Å². The van der Waals surface area contributed by atoms with E-state index in [-0.39, 0.29) is 32.2 Å². The largest absolute Gasteiger partial charge is 0.184 e. The second-order valence-corrected chi connectivity index (χ2v) is 11.6. The Bertz CT molecular complexity index is 2240. The maximum absolute atomic E-state index is 4.54. The maximum atomic E-state index is 4.54. The summed E-state index contributed by atoms with van der Waals surface area (Å²) in [6.45, 7) is 7.34. The standard InChI is InChI=1S/2C19H14N.C6H5.CH3.2ClH.Si.Zr/c2*1-13-10-15-7-8-16(12-17(15)11-13)18-6-2-4-14-5-3-9-20-19(14)18;1-2-4-6-5-3-1;;;;;/h2*2-12H,1H3;1-5H;1H3;2*1H;;/q4*-1;;;;. The fourth-order valence-electron chi connectivity index (χ4n) is 6.08. The van der Waals surface area contributed by atoms with Crippen molar-refractivity contribution in [2.45, 2.75) is 13.8 Å². The van der Waals surface area contributed by atoms with Crippen LogP contribution in [0.5, 0.6) is 0 Å². The molecule has 0 atom stereocenters. The first-order chi connectivity index (χ1) is 23.6. The Hall–Kier alpha value is -4.18. The molecule has 2 nitrogen and oxygen atoms in total. The zero-order chi connectivity index (χ0) is 33.3. The quantitative estimate of drug-likeness (QED) is 0.129. The van der Waals surface area contributed by atoms with E-state index in [0.717, 1.165) is 11.0 Å². The number of para-hydroxylation sites is 2. The van der Waals surface area contributed by atoms with E-state index in [1.807, 2.05) is 54.9 Å². The number of benzene rings is 5. The predicted octanol–water partition coefficient (Wildman–Crippen LogP) is 12.6. The summed E-state index contributed by atoms with van der Waals surface area (Å²) in [6, 6.07) is 55.6. The van der Waals surface area contributed by atoms with Gasteiger partial charge in [-0.1, -0.05) is 85.6 Å². The second kappa shape index (κ2) is 20.0. The molecule has 2 radical (unpaired) electrons. The Kier molecular flexibility index (Phi) is 16.2. The molecule has 9 rings (SSSR count). The van der Waals surface area contributed by atoms with Crippen molar-refractivity contribution in [2.24, 2.45) is 0 Å². The van der Waals surface area contributed by atoms with E-state index in [2.05, 4.69) is 146 Å². The predicted molar refractivity (Wildman–Crippen MR) is 222 cm³/mol. The van der Waals surface area contributed by atoms with Crippen LogP contribution in [0, 0.1) is 27.3 Å². The summed E-state index contributed by atoms with van der Waals surface area (Å²) in [6.07, 6.45) is 3.72. The van der Waals surface area contributed by atoms with Crippen molar-refractivity contribution in [2.75, 3.05) is 0 Å². The molecular weight excluding hydrogens is 759 g/mol. The molecule has 6 heteroatoms. The van der Waals surface area contributed by atoms with Gasteiger partial charge in [0.2, 0.25) is 0 Å². The van der Waals surface area contributed by atoms with E-state index in [4.69, 9.17) is 0 Å². The van der Waals surface area contributed by atoms with Crippen molar-refractivity contribution in [3.63, 3.8) is 0 Å². The van der Waals surface area contributed by atoms with Crippen LogP contribution in [-0.2, 0) is 23.3 Å². The maximum Gasteiger partial charge on any atom is -0.171 e. The van der Waals surface area contributed by atoms with Gasteiger partial charge < -0.3 is 7.43 Å². The van der Waals surface area contributed by atoms with Crippen LogP contribution in [0.25, 0.3) is 65.6 Å². The van der Waals surface area contributed by atoms with Crippen LogP contribution in [0.15, 0.2) is 164 Å². The number of aryl methyl sites for hydroxylation is 2. The SMILES string of the molecule is Cc1cc2ccc(-c3cccc4cccnc34)cc2[cH-]1.Cc1cc2ccc(-c3cccc4cccnc34)cc2[cH-]1.Cl.Cl.[CH3-].[Si]=[Zr].[c-]1ccccc1. The Labute approximate surface area is 330 Å². The molecule has 0 aliphatic rings. The minimum absolute atomic E-state index is 0. The van der Waals surface area contributed by atoms with Gasteiger partial charge in [-0.25, -0.2) is 0 Å². The molecule has 0 unspecified atom stereocenters. The Balaban J connectivity index is 0.000000217. The zero-order valence-electron chi connectivity index (χ0n) is 28.8. The summed E-state index contributed by atoms with van der Waals surface area (Å²) in [5, 5.41) is 7.58. The Morgan fingerprint density at radius 3 is 1.33 bits per heavy atom. The molecule has 254 valence electrons. The molecule has 2 aromatic heterocycles. The minimum Gasteiger partial charge on any atom is -0.184 e. The summed E-state index contributed by atoms with van der Waals surface area (Å²) >= 11 is 1.36. The smallest absolute Gasteiger partial charge is 0.171 e. The van der Waals surface area contributed by atoms with Gasteiger partial charge in [0.1, 0.15) is 0 Å². The molecule has 0 amide bonds. The molecule has 2 heterocycles. The Morgan fingerprint density at radius 2 is 0.941 bits per heavy atom. The normalized spacial score (nSPS) is 9.82. The molecule has 0 saturated carbocycles. The molecule has 0 N–H and O–H groups in total. The van der Waals surface area contributed by atoms with Crippen LogP contribution in [-0.4, -0.2) is 16.8 Å². The number of pyridine rings is 2. The van der Waals surface area contributed by atoms with E-state index in [1.54, 1.807) is 0 Å². The summed E-state index contributed by atoms with van der Waals surface area (Å²) < 4.78 is 0. The van der Waals surface area contributed by atoms with Crippen molar-refractivity contribution in [3.05, 3.63) is 189 Å². The van der Waals surface area contributed by atoms with Gasteiger partial charge in [0.15, 0.2) is 0 Å². The number of hydrogen-bond donors (Lipinski definition) is 0. The van der Waals surface area contributed by atoms with Gasteiger partial charge in [-0.2, -0.15) is 48.5 Å². The fourth-order valence-corrected chi connectivity index (χ4v) is 6.08. The molecule has 0 bridgehead atoms. The molecule has 7 aromatic carbocycles. The van der Waals surface area contributed by atoms with Gasteiger partial charge in [-0.3, -0.25) is 9.97 Å². The van der Waals surface area contributed by atoms with Crippen molar-refractivity contribution >= 4 is 75.0 Å². The number of fused-ring (bicyclic) bond motifs is 4. The van der Waals surface area contributed by atoms with Gasteiger partial charge in [0, 0.05) is 23.2 Å². The zero-order valence-corrected chi connectivity index (χ0v) is 33.9. The number of rotatable bonds is 2. The molecule has 51 heavy (non-hydrogen) atoms. The van der Waals surface area contributed by atoms with E-state index in [0.29, 0.717) is 0 Å². The summed E-state index contributed by atoms with van der Waals surface area (Å²) in [5.41, 5.74) is 9.61. The monoisotopic (exact) mass is 794 g/mol. The topological polar surface area (TPSA) is 25.8 Å². The third kappa shape index (κ3) is 10.00. The van der Waals surface area contributed by atoms with E-state index in [1.165, 1.54) is 89.0 Å². The van der Waals surface area contributed by atoms with Crippen LogP contribution in [0.4, 0.5) is 0 Å². The van der Waals surface area contributed by atoms with Crippen molar-refractivity contribution in [1.29, 1.82) is 0 Å². The van der Waals surface area contributed by atoms with Crippen LogP contribution in [0.2, 0.25) is 0 Å². The van der Waals surface area contributed by atoms with Crippen molar-refractivity contribution in [1.82, 2.24) is 9.97 Å². The number of aromatic nitrogens is 2. The van der Waals surface area contributed by atoms with Crippen LogP contribution < -0.4 is 0 Å². The van der Waals surface area contributed by atoms with Gasteiger partial charge in [0.25, 0.3) is 0 Å². The van der Waals surface area contributed by atoms with Gasteiger partial charge in [0.05, 0.1) is 11.0 Å². The van der Waals surface area contributed by atoms with E-state index < -0.39 is 0 Å². The summed E-state index contributed by atoms with van der Waals surface area (Å²) in [5.74, 6) is 0. The summed E-state index contributed by atoms with van der Waals surface area (Å²) in [4.78, 5) is 9.09. The molecular formula is C45H38Cl2N2SiZr-4. The molecule has 9 aromatic rings. The van der Waals surface area contributed by atoms with Gasteiger partial charge in [-0.15, -0.1) is 93.9 Å². The number of halogens is 2. The number of nitrogens with zero attached hydrogens (tertiary/aromatic N) is 2. The first-order valence-corrected chi connectivity index (χ1v) is 20.0. The average Bonchev–Trinajstić information content (AvgIpc) is 3.72. The van der Waals surface area contributed by atoms with Crippen LogP contribution in [0.3, 0.4) is 0 Å². The minimum atomic E-state index is 0. The third-order valence-electron chi connectivity index (χ3n) is 8.20. The molecule has 0 aliphatic carbocycles. The fraction of sp³-hybridized carbons (Fsp3) is 0.0444. The van der Waals surface area contributed by atoms with Crippen molar-refractivity contribution in [3.8, 4) is 22.3 Å². The first kappa shape index (κ1) is 41.2. The molecule has 0 fully saturated rings. The number of hydrogen-bond acceptors (Lipinski definition) is 2. The molecule has 0 aliphatic heterocycles. The van der Waals surface area contributed by atoms with Gasteiger partial charge >= 0.3 is 30.2 Å². The molecule has 0 saturated heterocycles.